The summed E-state index contributed by atoms with van der Waals surface area (Å²) in [7, 11) is 0. The van der Waals surface area contributed by atoms with Crippen LogP contribution in [0.15, 0.2) is 60.9 Å². The third kappa shape index (κ3) is 3.84. The number of para-hydroxylation sites is 1. The molecule has 7 nitrogen and oxygen atoms in total. The van der Waals surface area contributed by atoms with Crippen molar-refractivity contribution in [2.75, 3.05) is 11.2 Å². The summed E-state index contributed by atoms with van der Waals surface area (Å²) in [6.07, 6.45) is 1.30. The van der Waals surface area contributed by atoms with Gasteiger partial charge in [0.2, 0.25) is 5.88 Å². The average molecular weight is 335 g/mol. The summed E-state index contributed by atoms with van der Waals surface area (Å²) in [4.78, 5) is 20.3. The van der Waals surface area contributed by atoms with Crippen LogP contribution in [0.2, 0.25) is 0 Å². The van der Waals surface area contributed by atoms with Gasteiger partial charge in [-0.15, -0.1) is 0 Å². The number of anilines is 2. The van der Waals surface area contributed by atoms with Crippen LogP contribution in [0.25, 0.3) is 0 Å². The van der Waals surface area contributed by atoms with Gasteiger partial charge in [0, 0.05) is 5.56 Å². The van der Waals surface area contributed by atoms with E-state index in [4.69, 9.17) is 10.5 Å². The van der Waals surface area contributed by atoms with Crippen LogP contribution < -0.4 is 21.3 Å². The van der Waals surface area contributed by atoms with E-state index in [0.717, 1.165) is 5.56 Å². The first-order chi connectivity index (χ1) is 12.1. The van der Waals surface area contributed by atoms with Crippen LogP contribution in [0.3, 0.4) is 0 Å². The maximum Gasteiger partial charge on any atom is 0.269 e. The zero-order valence-electron chi connectivity index (χ0n) is 13.6. The Morgan fingerprint density at radius 3 is 2.52 bits per heavy atom. The summed E-state index contributed by atoms with van der Waals surface area (Å²) in [6.45, 7) is 1.86. The summed E-state index contributed by atoms with van der Waals surface area (Å²) in [5.74, 6) is 0.765. The lowest BCUT2D eigenvalue weighted by molar-refractivity contribution is 0.0962. The van der Waals surface area contributed by atoms with Crippen molar-refractivity contribution in [1.29, 1.82) is 0 Å². The quantitative estimate of drug-likeness (QED) is 0.620. The maximum absolute atomic E-state index is 12.2. The van der Waals surface area contributed by atoms with E-state index >= 15 is 0 Å². The normalized spacial score (nSPS) is 10.1. The van der Waals surface area contributed by atoms with Crippen molar-refractivity contribution in [2.24, 2.45) is 0 Å². The van der Waals surface area contributed by atoms with Crippen LogP contribution in [-0.4, -0.2) is 15.9 Å². The minimum absolute atomic E-state index is 0.191. The number of benzene rings is 2. The Balaban J connectivity index is 1.72. The van der Waals surface area contributed by atoms with Gasteiger partial charge in [-0.2, -0.15) is 4.98 Å². The molecule has 0 unspecified atom stereocenters. The van der Waals surface area contributed by atoms with E-state index in [9.17, 15) is 4.79 Å². The van der Waals surface area contributed by atoms with Crippen molar-refractivity contribution in [3.63, 3.8) is 0 Å². The molecule has 1 amide bonds. The van der Waals surface area contributed by atoms with Crippen LogP contribution in [0.5, 0.6) is 11.6 Å². The molecule has 0 saturated heterocycles. The molecule has 1 heterocycles. The molecule has 0 aliphatic rings. The van der Waals surface area contributed by atoms with Gasteiger partial charge in [-0.05, 0) is 30.7 Å². The number of hydrazine groups is 1. The fourth-order valence-electron chi connectivity index (χ4n) is 2.17. The third-order valence-corrected chi connectivity index (χ3v) is 3.49. The van der Waals surface area contributed by atoms with Gasteiger partial charge in [-0.1, -0.05) is 36.4 Å². The Bertz CT molecular complexity index is 884. The third-order valence-electron chi connectivity index (χ3n) is 3.49. The molecular formula is C18H17N5O2. The van der Waals surface area contributed by atoms with Crippen LogP contribution in [0, 0.1) is 6.92 Å². The fraction of sp³-hybridized carbons (Fsp3) is 0.0556. The number of nitrogens with two attached hydrogens (primary N) is 1. The van der Waals surface area contributed by atoms with Crippen molar-refractivity contribution >= 4 is 17.4 Å². The monoisotopic (exact) mass is 335 g/mol. The van der Waals surface area contributed by atoms with Crippen molar-refractivity contribution in [1.82, 2.24) is 15.4 Å². The minimum atomic E-state index is -0.290. The molecule has 7 heteroatoms. The van der Waals surface area contributed by atoms with Crippen LogP contribution >= 0.6 is 0 Å². The lowest BCUT2D eigenvalue weighted by Crippen LogP contribution is -2.30. The first-order valence-corrected chi connectivity index (χ1v) is 7.60. The van der Waals surface area contributed by atoms with Crippen molar-refractivity contribution in [3.05, 3.63) is 72.1 Å². The Morgan fingerprint density at radius 2 is 1.76 bits per heavy atom. The highest BCUT2D eigenvalue weighted by atomic mass is 16.5. The molecule has 0 aliphatic carbocycles. The first kappa shape index (κ1) is 16.3. The molecule has 0 bridgehead atoms. The van der Waals surface area contributed by atoms with Crippen LogP contribution in [0.4, 0.5) is 11.5 Å². The highest BCUT2D eigenvalue weighted by Gasteiger charge is 2.12. The Hall–Kier alpha value is -3.61. The smallest absolute Gasteiger partial charge is 0.269 e. The zero-order valence-corrected chi connectivity index (χ0v) is 13.6. The molecule has 2 aromatic carbocycles. The number of carbonyl (C=O) groups is 1. The predicted octanol–water partition coefficient (Wildman–Crippen LogP) is 2.92. The number of nitrogens with one attached hydrogen (secondary N) is 2. The summed E-state index contributed by atoms with van der Waals surface area (Å²) < 4.78 is 5.63. The first-order valence-electron chi connectivity index (χ1n) is 7.60. The number of hydrogen-bond acceptors (Lipinski definition) is 6. The lowest BCUT2D eigenvalue weighted by Gasteiger charge is -2.13. The number of aromatic nitrogens is 2. The molecule has 3 aromatic rings. The van der Waals surface area contributed by atoms with Gasteiger partial charge in [-0.25, -0.2) is 4.98 Å². The molecule has 4 N–H and O–H groups in total. The second-order valence-corrected chi connectivity index (χ2v) is 5.25. The zero-order chi connectivity index (χ0) is 17.6. The Kier molecular flexibility index (Phi) is 4.75. The molecule has 0 atom stereocenters. The van der Waals surface area contributed by atoms with Gasteiger partial charge in [-0.3, -0.25) is 15.6 Å². The highest BCUT2D eigenvalue weighted by molar-refractivity contribution is 5.96. The maximum atomic E-state index is 12.2. The second kappa shape index (κ2) is 7.31. The second-order valence-electron chi connectivity index (χ2n) is 5.25. The fourth-order valence-corrected chi connectivity index (χ4v) is 2.17. The average Bonchev–Trinajstić information content (AvgIpc) is 2.63. The van der Waals surface area contributed by atoms with Gasteiger partial charge >= 0.3 is 0 Å². The summed E-state index contributed by atoms with van der Waals surface area (Å²) >= 11 is 0. The van der Waals surface area contributed by atoms with Gasteiger partial charge < -0.3 is 10.5 Å². The number of ether oxygens (including phenoxy) is 1. The Morgan fingerprint density at radius 1 is 1.04 bits per heavy atom. The number of hydrogen-bond donors (Lipinski definition) is 3. The van der Waals surface area contributed by atoms with E-state index in [1.165, 1.54) is 6.33 Å². The predicted molar refractivity (Wildman–Crippen MR) is 95.2 cm³/mol. The topological polar surface area (TPSA) is 102 Å². The molecule has 3 rings (SSSR count). The number of aryl methyl sites for hydroxylation is 1. The van der Waals surface area contributed by atoms with E-state index < -0.39 is 0 Å². The van der Waals surface area contributed by atoms with E-state index in [2.05, 4.69) is 20.8 Å². The standard InChI is InChI=1S/C18H17N5O2/c1-12-7-5-6-10-14(12)17(24)23-22-16-15(19)18(21-11-20-16)25-13-8-3-2-4-9-13/h2-11H,19H2,1H3,(H,23,24)(H,20,21,22). The number of carbonyl (C=O) groups excluding carboxylic acids is 1. The molecule has 0 radical (unpaired) electrons. The van der Waals surface area contributed by atoms with E-state index in [0.29, 0.717) is 11.3 Å². The van der Waals surface area contributed by atoms with E-state index in [-0.39, 0.29) is 23.3 Å². The van der Waals surface area contributed by atoms with E-state index in [1.807, 2.05) is 37.3 Å². The molecule has 25 heavy (non-hydrogen) atoms. The number of nitrogen functional groups attached to an aromatic ring is 1. The van der Waals surface area contributed by atoms with Gasteiger partial charge in [0.05, 0.1) is 0 Å². The molecule has 0 fully saturated rings. The van der Waals surface area contributed by atoms with Gasteiger partial charge in [0.15, 0.2) is 5.82 Å². The number of amides is 1. The van der Waals surface area contributed by atoms with Gasteiger partial charge in [0.1, 0.15) is 17.8 Å². The lowest BCUT2D eigenvalue weighted by atomic mass is 10.1. The molecule has 0 saturated carbocycles. The Labute approximate surface area is 144 Å². The van der Waals surface area contributed by atoms with Crippen molar-refractivity contribution in [3.8, 4) is 11.6 Å². The van der Waals surface area contributed by atoms with Gasteiger partial charge in [0.25, 0.3) is 5.91 Å². The van der Waals surface area contributed by atoms with Crippen LogP contribution in [-0.2, 0) is 0 Å². The summed E-state index contributed by atoms with van der Waals surface area (Å²) in [5, 5.41) is 0. The van der Waals surface area contributed by atoms with Crippen molar-refractivity contribution < 1.29 is 9.53 Å². The summed E-state index contributed by atoms with van der Waals surface area (Å²) in [5.41, 5.74) is 12.9. The number of nitrogens with zero attached hydrogens (tertiary/aromatic N) is 2. The molecule has 1 aromatic heterocycles. The van der Waals surface area contributed by atoms with Crippen molar-refractivity contribution in [2.45, 2.75) is 6.92 Å². The van der Waals surface area contributed by atoms with Crippen LogP contribution in [0.1, 0.15) is 15.9 Å². The largest absolute Gasteiger partial charge is 0.437 e. The molecule has 126 valence electrons. The summed E-state index contributed by atoms with van der Waals surface area (Å²) in [6, 6.07) is 16.4. The molecule has 0 spiro atoms. The molecular weight excluding hydrogens is 318 g/mol. The molecule has 0 aliphatic heterocycles. The highest BCUT2D eigenvalue weighted by Crippen LogP contribution is 2.28. The SMILES string of the molecule is Cc1ccccc1C(=O)NNc1ncnc(Oc2ccccc2)c1N. The minimum Gasteiger partial charge on any atom is -0.437 e. The number of rotatable bonds is 5. The van der Waals surface area contributed by atoms with E-state index in [1.54, 1.807) is 24.3 Å².